The topological polar surface area (TPSA) is 38.8 Å². The Kier molecular flexibility index (Phi) is 3.10. The van der Waals surface area contributed by atoms with Gasteiger partial charge in [-0.2, -0.15) is 0 Å². The van der Waals surface area contributed by atoms with Crippen molar-refractivity contribution < 1.29 is 14.3 Å². The number of para-hydroxylation sites is 1. The first kappa shape index (κ1) is 12.4. The number of amides is 1. The van der Waals surface area contributed by atoms with Crippen molar-refractivity contribution in [1.82, 2.24) is 0 Å². The van der Waals surface area contributed by atoms with Gasteiger partial charge in [0.2, 0.25) is 0 Å². The van der Waals surface area contributed by atoms with Gasteiger partial charge in [0, 0.05) is 17.4 Å². The molecule has 1 aromatic carbocycles. The van der Waals surface area contributed by atoms with Crippen LogP contribution in [0.15, 0.2) is 18.2 Å². The number of nitrogens with zero attached hydrogens (tertiary/aromatic N) is 1. The number of carbonyl (C=O) groups is 1. The van der Waals surface area contributed by atoms with Gasteiger partial charge in [-0.3, -0.25) is 4.79 Å². The maximum atomic E-state index is 12.5. The van der Waals surface area contributed by atoms with Crippen molar-refractivity contribution in [3.8, 4) is 0 Å². The van der Waals surface area contributed by atoms with Crippen LogP contribution >= 0.6 is 27.5 Å². The molecule has 2 aliphatic rings. The molecule has 1 amide bonds. The van der Waals surface area contributed by atoms with Crippen LogP contribution in [0.25, 0.3) is 0 Å². The fourth-order valence-electron chi connectivity index (χ4n) is 2.44. The summed E-state index contributed by atoms with van der Waals surface area (Å²) in [5, 5.41) is 1.21. The summed E-state index contributed by atoms with van der Waals surface area (Å²) in [4.78, 5) is 14.1. The Hall–Kier alpha value is -0.620. The first-order valence-electron chi connectivity index (χ1n) is 5.65. The van der Waals surface area contributed by atoms with Crippen molar-refractivity contribution in [2.75, 3.05) is 30.0 Å². The Balaban J connectivity index is 2.17. The molecular weight excluding hydrogens is 321 g/mol. The van der Waals surface area contributed by atoms with Crippen molar-refractivity contribution >= 4 is 39.1 Å². The molecule has 2 aliphatic heterocycles. The van der Waals surface area contributed by atoms with Crippen LogP contribution in [-0.2, 0) is 20.1 Å². The van der Waals surface area contributed by atoms with Crippen LogP contribution in [0.3, 0.4) is 0 Å². The average Bonchev–Trinajstić information content (AvgIpc) is 2.93. The van der Waals surface area contributed by atoms with Crippen LogP contribution < -0.4 is 4.90 Å². The fourth-order valence-corrected chi connectivity index (χ4v) is 3.07. The molecule has 1 aromatic rings. The summed E-state index contributed by atoms with van der Waals surface area (Å²) in [7, 11) is 0. The first-order valence-corrected chi connectivity index (χ1v) is 7.15. The number of halogens is 2. The highest BCUT2D eigenvalue weighted by atomic mass is 79.9. The van der Waals surface area contributed by atoms with E-state index in [0.29, 0.717) is 41.4 Å². The van der Waals surface area contributed by atoms with Crippen LogP contribution in [0.1, 0.15) is 5.56 Å². The third-order valence-corrected chi connectivity index (χ3v) is 3.80. The van der Waals surface area contributed by atoms with Gasteiger partial charge in [0.1, 0.15) is 0 Å². The van der Waals surface area contributed by atoms with E-state index >= 15 is 0 Å². The first-order chi connectivity index (χ1) is 8.70. The van der Waals surface area contributed by atoms with Crippen molar-refractivity contribution in [2.24, 2.45) is 0 Å². The highest BCUT2D eigenvalue weighted by Crippen LogP contribution is 2.48. The number of anilines is 1. The summed E-state index contributed by atoms with van der Waals surface area (Å²) in [5.74, 6) is -1.47. The summed E-state index contributed by atoms with van der Waals surface area (Å²) < 4.78 is 11.2. The second kappa shape index (κ2) is 4.49. The van der Waals surface area contributed by atoms with E-state index in [1.165, 1.54) is 0 Å². The van der Waals surface area contributed by atoms with Crippen molar-refractivity contribution in [1.29, 1.82) is 0 Å². The SMILES string of the molecule is O=C1N(CCBr)c2c(Cl)cccc2C12OCCO2. The molecule has 0 bridgehead atoms. The Morgan fingerprint density at radius 3 is 2.78 bits per heavy atom. The van der Waals surface area contributed by atoms with Gasteiger partial charge >= 0.3 is 0 Å². The van der Waals surface area contributed by atoms with Crippen LogP contribution in [0.4, 0.5) is 5.69 Å². The molecule has 2 heterocycles. The number of carbonyl (C=O) groups excluding carboxylic acids is 1. The van der Waals surface area contributed by atoms with E-state index < -0.39 is 5.79 Å². The largest absolute Gasteiger partial charge is 0.336 e. The van der Waals surface area contributed by atoms with E-state index in [1.54, 1.807) is 17.0 Å². The molecule has 0 aliphatic carbocycles. The van der Waals surface area contributed by atoms with E-state index in [4.69, 9.17) is 21.1 Å². The van der Waals surface area contributed by atoms with Crippen LogP contribution in [-0.4, -0.2) is 31.0 Å². The number of fused-ring (bicyclic) bond motifs is 2. The van der Waals surface area contributed by atoms with Crippen molar-refractivity contribution in [2.45, 2.75) is 5.79 Å². The Bertz CT molecular complexity index is 502. The molecule has 1 fully saturated rings. The molecule has 0 radical (unpaired) electrons. The highest BCUT2D eigenvalue weighted by Gasteiger charge is 2.56. The summed E-state index contributed by atoms with van der Waals surface area (Å²) in [5.41, 5.74) is 1.41. The molecule has 1 saturated heterocycles. The fraction of sp³-hybridized carbons (Fsp3) is 0.417. The van der Waals surface area contributed by atoms with E-state index in [9.17, 15) is 4.79 Å². The second-order valence-corrected chi connectivity index (χ2v) is 5.30. The van der Waals surface area contributed by atoms with Crippen LogP contribution in [0.5, 0.6) is 0 Å². The zero-order chi connectivity index (χ0) is 12.8. The quantitative estimate of drug-likeness (QED) is 0.780. The van der Waals surface area contributed by atoms with Gasteiger partial charge in [-0.05, 0) is 6.07 Å². The highest BCUT2D eigenvalue weighted by molar-refractivity contribution is 9.09. The third kappa shape index (κ3) is 1.54. The van der Waals surface area contributed by atoms with Gasteiger partial charge in [-0.15, -0.1) is 0 Å². The van der Waals surface area contributed by atoms with Gasteiger partial charge in [0.15, 0.2) is 0 Å². The molecule has 18 heavy (non-hydrogen) atoms. The van der Waals surface area contributed by atoms with Crippen molar-refractivity contribution in [3.63, 3.8) is 0 Å². The predicted molar refractivity (Wildman–Crippen MR) is 71.2 cm³/mol. The number of hydrogen-bond donors (Lipinski definition) is 0. The third-order valence-electron chi connectivity index (χ3n) is 3.14. The lowest BCUT2D eigenvalue weighted by atomic mass is 10.1. The Morgan fingerprint density at radius 1 is 1.39 bits per heavy atom. The molecule has 0 unspecified atom stereocenters. The normalized spacial score (nSPS) is 20.8. The predicted octanol–water partition coefficient (Wildman–Crippen LogP) is 2.28. The zero-order valence-electron chi connectivity index (χ0n) is 9.49. The molecule has 6 heteroatoms. The van der Waals surface area contributed by atoms with Crippen LogP contribution in [0, 0.1) is 0 Å². The molecule has 1 spiro atoms. The summed E-state index contributed by atoms with van der Waals surface area (Å²) >= 11 is 9.55. The number of alkyl halides is 1. The van der Waals surface area contributed by atoms with Gasteiger partial charge in [-0.25, -0.2) is 0 Å². The minimum atomic E-state index is -1.28. The maximum absolute atomic E-state index is 12.5. The van der Waals surface area contributed by atoms with E-state index in [-0.39, 0.29) is 5.91 Å². The molecular formula is C12H11BrClNO3. The lowest BCUT2D eigenvalue weighted by molar-refractivity contribution is -0.180. The molecule has 96 valence electrons. The Morgan fingerprint density at radius 2 is 2.11 bits per heavy atom. The van der Waals surface area contributed by atoms with Crippen molar-refractivity contribution in [3.05, 3.63) is 28.8 Å². The van der Waals surface area contributed by atoms with Gasteiger partial charge in [0.05, 0.1) is 23.9 Å². The molecule has 0 aromatic heterocycles. The molecule has 0 saturated carbocycles. The van der Waals surface area contributed by atoms with Gasteiger partial charge in [0.25, 0.3) is 11.7 Å². The van der Waals surface area contributed by atoms with E-state index in [0.717, 1.165) is 0 Å². The van der Waals surface area contributed by atoms with E-state index in [1.807, 2.05) is 6.07 Å². The molecule has 0 atom stereocenters. The zero-order valence-corrected chi connectivity index (χ0v) is 11.8. The maximum Gasteiger partial charge on any atom is 0.292 e. The summed E-state index contributed by atoms with van der Waals surface area (Å²) in [6.07, 6.45) is 0. The lowest BCUT2D eigenvalue weighted by Gasteiger charge is -2.21. The molecule has 4 nitrogen and oxygen atoms in total. The Labute approximate surface area is 118 Å². The molecule has 0 N–H and O–H groups in total. The summed E-state index contributed by atoms with van der Waals surface area (Å²) in [6.45, 7) is 1.36. The number of hydrogen-bond acceptors (Lipinski definition) is 3. The number of rotatable bonds is 2. The summed E-state index contributed by atoms with van der Waals surface area (Å²) in [6, 6.07) is 5.40. The van der Waals surface area contributed by atoms with Gasteiger partial charge in [-0.1, -0.05) is 39.7 Å². The molecule has 3 rings (SSSR count). The van der Waals surface area contributed by atoms with Crippen LogP contribution in [0.2, 0.25) is 5.02 Å². The average molecular weight is 333 g/mol. The number of benzene rings is 1. The second-order valence-electron chi connectivity index (χ2n) is 4.10. The minimum absolute atomic E-state index is 0.192. The monoisotopic (exact) mass is 331 g/mol. The van der Waals surface area contributed by atoms with E-state index in [2.05, 4.69) is 15.9 Å². The number of ether oxygens (including phenoxy) is 2. The standard InChI is InChI=1S/C12H11BrClNO3/c13-4-5-15-10-8(2-1-3-9(10)14)12(11(15)16)17-6-7-18-12/h1-3H,4-7H2. The van der Waals surface area contributed by atoms with Gasteiger partial charge < -0.3 is 14.4 Å². The smallest absolute Gasteiger partial charge is 0.292 e. The minimum Gasteiger partial charge on any atom is -0.336 e. The lowest BCUT2D eigenvalue weighted by Crippen LogP contribution is -2.41.